The van der Waals surface area contributed by atoms with Crippen LogP contribution in [0.5, 0.6) is 5.75 Å². The van der Waals surface area contributed by atoms with Crippen molar-refractivity contribution in [3.8, 4) is 28.3 Å². The maximum atomic E-state index is 12.4. The van der Waals surface area contributed by atoms with Crippen LogP contribution in [0, 0.1) is 0 Å². The van der Waals surface area contributed by atoms with Crippen LogP contribution < -0.4 is 5.32 Å². The summed E-state index contributed by atoms with van der Waals surface area (Å²) in [6.07, 6.45) is 8.48. The number of hydrogen-bond acceptors (Lipinski definition) is 5. The fraction of sp³-hybridized carbons (Fsp3) is 0.192. The number of rotatable bonds is 7. The summed E-state index contributed by atoms with van der Waals surface area (Å²) in [5.41, 5.74) is 3.54. The van der Waals surface area contributed by atoms with E-state index in [1.807, 2.05) is 61.5 Å². The number of benzene rings is 2. The largest absolute Gasteiger partial charge is 0.507 e. The summed E-state index contributed by atoms with van der Waals surface area (Å²) in [6.45, 7) is 2.03. The Morgan fingerprint density at radius 2 is 2.00 bits per heavy atom. The van der Waals surface area contributed by atoms with Gasteiger partial charge in [0, 0.05) is 23.3 Å². The first-order valence-corrected chi connectivity index (χ1v) is 11.1. The zero-order valence-electron chi connectivity index (χ0n) is 17.8. The van der Waals surface area contributed by atoms with Crippen LogP contribution in [-0.2, 0) is 4.79 Å². The average Bonchev–Trinajstić information content (AvgIpc) is 3.21. The maximum absolute atomic E-state index is 12.4. The van der Waals surface area contributed by atoms with Gasteiger partial charge in [-0.05, 0) is 29.7 Å². The van der Waals surface area contributed by atoms with Crippen molar-refractivity contribution in [1.82, 2.24) is 4.98 Å². The highest BCUT2D eigenvalue weighted by atomic mass is 32.1. The Morgan fingerprint density at radius 1 is 1.19 bits per heavy atom. The molecule has 0 bridgehead atoms. The number of hydrogen-bond donors (Lipinski definition) is 2. The first kappa shape index (κ1) is 21.7. The Hall–Kier alpha value is -3.51. The number of carbonyl (C=O) groups is 1. The van der Waals surface area contributed by atoms with E-state index in [1.54, 1.807) is 12.1 Å². The molecule has 0 unspecified atom stereocenters. The summed E-state index contributed by atoms with van der Waals surface area (Å²) in [4.78, 5) is 17.7. The van der Waals surface area contributed by atoms with Crippen molar-refractivity contribution in [3.05, 3.63) is 72.5 Å². The van der Waals surface area contributed by atoms with Crippen molar-refractivity contribution in [3.63, 3.8) is 0 Å². The smallest absolute Gasteiger partial charge is 0.233 e. The zero-order valence-corrected chi connectivity index (χ0v) is 18.6. The molecule has 6 heteroatoms. The van der Waals surface area contributed by atoms with Gasteiger partial charge in [0.1, 0.15) is 11.4 Å². The number of nitrogens with zero attached hydrogens (tertiary/aromatic N) is 1. The number of aromatic hydroxyl groups is 1. The molecule has 1 aliphatic carbocycles. The molecule has 1 aliphatic rings. The third kappa shape index (κ3) is 4.70. The van der Waals surface area contributed by atoms with Gasteiger partial charge in [0.05, 0.1) is 5.56 Å². The minimum atomic E-state index is -0.141. The molecule has 5 nitrogen and oxygen atoms in total. The third-order valence-electron chi connectivity index (χ3n) is 5.23. The zero-order chi connectivity index (χ0) is 22.5. The van der Waals surface area contributed by atoms with Crippen LogP contribution in [0.15, 0.2) is 71.2 Å². The Morgan fingerprint density at radius 3 is 2.72 bits per heavy atom. The van der Waals surface area contributed by atoms with Crippen LogP contribution in [0.1, 0.15) is 38.3 Å². The molecule has 1 heterocycles. The van der Waals surface area contributed by atoms with E-state index >= 15 is 0 Å². The lowest BCUT2D eigenvalue weighted by atomic mass is 10.0. The molecule has 1 aromatic heterocycles. The lowest BCUT2D eigenvalue weighted by Crippen LogP contribution is -2.12. The monoisotopic (exact) mass is 444 g/mol. The van der Waals surface area contributed by atoms with Gasteiger partial charge in [0.2, 0.25) is 17.7 Å². The van der Waals surface area contributed by atoms with Crippen LogP contribution in [-0.4, -0.2) is 20.9 Å². The minimum absolute atomic E-state index is 0.0445. The highest BCUT2D eigenvalue weighted by Gasteiger charge is 2.24. The van der Waals surface area contributed by atoms with E-state index in [0.29, 0.717) is 24.1 Å². The molecule has 2 aromatic carbocycles. The molecule has 1 amide bonds. The molecule has 32 heavy (non-hydrogen) atoms. The van der Waals surface area contributed by atoms with Crippen LogP contribution in [0.25, 0.3) is 28.2 Å². The second kappa shape index (κ2) is 9.75. The Bertz CT molecular complexity index is 1210. The molecule has 4 rings (SSSR count). The first-order chi connectivity index (χ1) is 15.6. The number of phenolic OH excluding ortho intramolecular Hbond substituents is 1. The SMILES string of the molecule is CCCCC(=O)Nc1oc(-c2ccc(-c3ccccc3)cc2O)nc1C1=CC=CCC1=S. The predicted octanol–water partition coefficient (Wildman–Crippen LogP) is 6.56. The number of phenols is 1. The lowest BCUT2D eigenvalue weighted by molar-refractivity contribution is -0.116. The van der Waals surface area contributed by atoms with Crippen molar-refractivity contribution in [1.29, 1.82) is 0 Å². The highest BCUT2D eigenvalue weighted by Crippen LogP contribution is 2.37. The molecule has 0 radical (unpaired) electrons. The molecule has 2 N–H and O–H groups in total. The first-order valence-electron chi connectivity index (χ1n) is 10.7. The molecule has 0 saturated carbocycles. The number of nitrogens with one attached hydrogen (secondary N) is 1. The highest BCUT2D eigenvalue weighted by molar-refractivity contribution is 7.81. The third-order valence-corrected chi connectivity index (χ3v) is 5.62. The van der Waals surface area contributed by atoms with Gasteiger partial charge in [-0.15, -0.1) is 0 Å². The number of aromatic nitrogens is 1. The van der Waals surface area contributed by atoms with Crippen molar-refractivity contribution in [2.45, 2.75) is 32.6 Å². The summed E-state index contributed by atoms with van der Waals surface area (Å²) >= 11 is 5.51. The van der Waals surface area contributed by atoms with Gasteiger partial charge in [-0.25, -0.2) is 4.98 Å². The predicted molar refractivity (Wildman–Crippen MR) is 132 cm³/mol. The van der Waals surface area contributed by atoms with Crippen LogP contribution in [0.4, 0.5) is 5.88 Å². The summed E-state index contributed by atoms with van der Waals surface area (Å²) in [6, 6.07) is 15.2. The van der Waals surface area contributed by atoms with Crippen molar-refractivity contribution in [2.24, 2.45) is 0 Å². The van der Waals surface area contributed by atoms with E-state index in [0.717, 1.165) is 34.4 Å². The minimum Gasteiger partial charge on any atom is -0.507 e. The van der Waals surface area contributed by atoms with Gasteiger partial charge in [0.25, 0.3) is 0 Å². The van der Waals surface area contributed by atoms with Crippen LogP contribution in [0.3, 0.4) is 0 Å². The van der Waals surface area contributed by atoms with Gasteiger partial charge < -0.3 is 9.52 Å². The Kier molecular flexibility index (Phi) is 6.61. The van der Waals surface area contributed by atoms with Gasteiger partial charge in [-0.1, -0.05) is 80.2 Å². The fourth-order valence-electron chi connectivity index (χ4n) is 3.50. The second-order valence-corrected chi connectivity index (χ2v) is 8.08. The van der Waals surface area contributed by atoms with E-state index < -0.39 is 0 Å². The van der Waals surface area contributed by atoms with E-state index in [1.165, 1.54) is 0 Å². The van der Waals surface area contributed by atoms with Gasteiger partial charge in [-0.2, -0.15) is 0 Å². The van der Waals surface area contributed by atoms with Crippen LogP contribution in [0.2, 0.25) is 0 Å². The maximum Gasteiger partial charge on any atom is 0.233 e. The van der Waals surface area contributed by atoms with E-state index in [-0.39, 0.29) is 23.4 Å². The molecule has 0 aliphatic heterocycles. The molecular weight excluding hydrogens is 420 g/mol. The van der Waals surface area contributed by atoms with Crippen molar-refractivity contribution in [2.75, 3.05) is 5.32 Å². The quantitative estimate of drug-likeness (QED) is 0.404. The van der Waals surface area contributed by atoms with Crippen LogP contribution >= 0.6 is 12.2 Å². The molecular formula is C26H24N2O3S. The second-order valence-electron chi connectivity index (χ2n) is 7.58. The average molecular weight is 445 g/mol. The van der Waals surface area contributed by atoms with Gasteiger partial charge in [0.15, 0.2) is 0 Å². The van der Waals surface area contributed by atoms with Crippen molar-refractivity contribution >= 4 is 34.4 Å². The van der Waals surface area contributed by atoms with E-state index in [4.69, 9.17) is 16.6 Å². The molecule has 0 spiro atoms. The van der Waals surface area contributed by atoms with Gasteiger partial charge >= 0.3 is 0 Å². The Balaban J connectivity index is 1.72. The number of allylic oxidation sites excluding steroid dienone is 4. The lowest BCUT2D eigenvalue weighted by Gasteiger charge is -2.09. The summed E-state index contributed by atoms with van der Waals surface area (Å²) < 4.78 is 5.95. The number of thiocarbonyl (C=S) groups is 1. The summed E-state index contributed by atoms with van der Waals surface area (Å²) in [5, 5.41) is 13.6. The number of anilines is 1. The molecule has 0 saturated heterocycles. The topological polar surface area (TPSA) is 75.4 Å². The number of oxazole rings is 1. The summed E-state index contributed by atoms with van der Waals surface area (Å²) in [7, 11) is 0. The standard InChI is InChI=1S/C26H24N2O3S/c1-2-3-13-23(30)27-26-24(20-11-7-8-12-22(20)32)28-25(31-26)19-15-14-18(16-21(19)29)17-9-5-4-6-10-17/h4-11,14-16,29H,2-3,12-13H2,1H3,(H,27,30). The molecule has 162 valence electrons. The number of carbonyl (C=O) groups excluding carboxylic acids is 1. The van der Waals surface area contributed by atoms with E-state index in [2.05, 4.69) is 10.3 Å². The summed E-state index contributed by atoms with van der Waals surface area (Å²) in [5.74, 6) is 0.373. The molecule has 0 atom stereocenters. The molecule has 0 fully saturated rings. The van der Waals surface area contributed by atoms with Gasteiger partial charge in [-0.3, -0.25) is 10.1 Å². The Labute approximate surface area is 192 Å². The fourth-order valence-corrected chi connectivity index (χ4v) is 3.77. The normalized spacial score (nSPS) is 13.2. The molecule has 3 aromatic rings. The number of unbranched alkanes of at least 4 members (excludes halogenated alkanes) is 1. The number of amides is 1. The van der Waals surface area contributed by atoms with Crippen molar-refractivity contribution < 1.29 is 14.3 Å². The van der Waals surface area contributed by atoms with E-state index in [9.17, 15) is 9.90 Å².